The number of ether oxygens (including phenoxy) is 5. The van der Waals surface area contributed by atoms with Crippen LogP contribution in [-0.2, 0) is 0 Å². The van der Waals surface area contributed by atoms with E-state index in [0.717, 1.165) is 56.6 Å². The van der Waals surface area contributed by atoms with E-state index in [4.69, 9.17) is 23.7 Å². The largest absolute Gasteiger partial charge is 0.497 e. The second-order valence-electron chi connectivity index (χ2n) is 7.64. The number of allylic oxidation sites excluding steroid dienone is 2. The molecule has 0 spiro atoms. The number of hydrogen-bond donors (Lipinski definition) is 0. The maximum atomic E-state index is 5.84. The van der Waals surface area contributed by atoms with Crippen molar-refractivity contribution in [1.29, 1.82) is 0 Å². The van der Waals surface area contributed by atoms with Crippen LogP contribution in [-0.4, -0.2) is 35.5 Å². The highest BCUT2D eigenvalue weighted by Crippen LogP contribution is 2.55. The van der Waals surface area contributed by atoms with Gasteiger partial charge in [-0.1, -0.05) is 12.1 Å². The van der Waals surface area contributed by atoms with E-state index in [1.54, 1.807) is 35.5 Å². The predicted octanol–water partition coefficient (Wildman–Crippen LogP) is 5.81. The first-order chi connectivity index (χ1) is 15.5. The molecule has 0 heterocycles. The van der Waals surface area contributed by atoms with Gasteiger partial charge in [-0.15, -0.1) is 0 Å². The molecule has 0 amide bonds. The summed E-state index contributed by atoms with van der Waals surface area (Å²) < 4.78 is 27.9. The fraction of sp³-hybridized carbons (Fsp3) is 0.259. The van der Waals surface area contributed by atoms with Gasteiger partial charge in [0, 0.05) is 23.6 Å². The van der Waals surface area contributed by atoms with E-state index in [9.17, 15) is 0 Å². The molecule has 32 heavy (non-hydrogen) atoms. The summed E-state index contributed by atoms with van der Waals surface area (Å²) in [7, 11) is 8.37. The van der Waals surface area contributed by atoms with Gasteiger partial charge in [-0.05, 0) is 65.1 Å². The van der Waals surface area contributed by atoms with Gasteiger partial charge in [-0.2, -0.15) is 0 Å². The maximum Gasteiger partial charge on any atom is 0.127 e. The third kappa shape index (κ3) is 3.64. The van der Waals surface area contributed by atoms with Gasteiger partial charge in [-0.3, -0.25) is 0 Å². The molecular weight excluding hydrogens is 404 g/mol. The first-order valence-corrected chi connectivity index (χ1v) is 10.4. The van der Waals surface area contributed by atoms with Crippen molar-refractivity contribution in [3.05, 3.63) is 76.9 Å². The number of hydrogen-bond acceptors (Lipinski definition) is 5. The Kier molecular flexibility index (Phi) is 5.99. The SMILES string of the molecule is COc1ccc(C2C(c3cc(OC)cc(OC)c3)=C(C)c3cc(OC)cc(OC)c32)cc1. The van der Waals surface area contributed by atoms with E-state index in [0.29, 0.717) is 0 Å². The molecule has 4 rings (SSSR count). The lowest BCUT2D eigenvalue weighted by Crippen LogP contribution is -2.04. The molecule has 0 saturated heterocycles. The summed E-state index contributed by atoms with van der Waals surface area (Å²) in [6.07, 6.45) is 0. The molecule has 0 aliphatic heterocycles. The molecule has 1 unspecified atom stereocenters. The molecule has 3 aromatic carbocycles. The smallest absolute Gasteiger partial charge is 0.127 e. The zero-order chi connectivity index (χ0) is 22.8. The number of benzene rings is 3. The minimum atomic E-state index is -0.0337. The van der Waals surface area contributed by atoms with Crippen LogP contribution in [0.2, 0.25) is 0 Å². The quantitative estimate of drug-likeness (QED) is 0.472. The highest BCUT2D eigenvalue weighted by Gasteiger charge is 2.35. The molecule has 0 aromatic heterocycles. The molecule has 166 valence electrons. The summed E-state index contributed by atoms with van der Waals surface area (Å²) in [4.78, 5) is 0. The van der Waals surface area contributed by atoms with Gasteiger partial charge < -0.3 is 23.7 Å². The topological polar surface area (TPSA) is 46.2 Å². The summed E-state index contributed by atoms with van der Waals surface area (Å²) in [5.41, 5.74) is 6.75. The van der Waals surface area contributed by atoms with Gasteiger partial charge in [0.1, 0.15) is 28.7 Å². The fourth-order valence-corrected chi connectivity index (χ4v) is 4.48. The van der Waals surface area contributed by atoms with Gasteiger partial charge in [0.2, 0.25) is 0 Å². The molecule has 1 aliphatic rings. The monoisotopic (exact) mass is 432 g/mol. The standard InChI is InChI=1S/C27H28O5/c1-16-23-14-22(31-5)15-24(32-6)27(23)26(17-7-9-19(28-2)10-8-17)25(16)18-11-20(29-3)13-21(12-18)30-4/h7-15,26H,1-6H3. The highest BCUT2D eigenvalue weighted by molar-refractivity contribution is 6.02. The molecule has 0 saturated carbocycles. The Morgan fingerprint density at radius 1 is 0.594 bits per heavy atom. The summed E-state index contributed by atoms with van der Waals surface area (Å²) in [5.74, 6) is 3.83. The van der Waals surface area contributed by atoms with E-state index in [1.807, 2.05) is 36.4 Å². The first-order valence-electron chi connectivity index (χ1n) is 10.4. The van der Waals surface area contributed by atoms with Crippen molar-refractivity contribution in [2.75, 3.05) is 35.5 Å². The summed E-state index contributed by atoms with van der Waals surface area (Å²) >= 11 is 0. The van der Waals surface area contributed by atoms with Crippen LogP contribution in [0.5, 0.6) is 28.7 Å². The van der Waals surface area contributed by atoms with Crippen LogP contribution in [0.4, 0.5) is 0 Å². The van der Waals surface area contributed by atoms with Gasteiger partial charge in [0.25, 0.3) is 0 Å². The Hall–Kier alpha value is -3.60. The molecular formula is C27H28O5. The zero-order valence-corrected chi connectivity index (χ0v) is 19.3. The minimum Gasteiger partial charge on any atom is -0.497 e. The second-order valence-corrected chi connectivity index (χ2v) is 7.64. The van der Waals surface area contributed by atoms with E-state index in [2.05, 4.69) is 25.1 Å². The summed E-state index contributed by atoms with van der Waals surface area (Å²) in [5, 5.41) is 0. The van der Waals surface area contributed by atoms with Crippen LogP contribution in [0.3, 0.4) is 0 Å². The molecule has 3 aromatic rings. The molecule has 0 bridgehead atoms. The third-order valence-electron chi connectivity index (χ3n) is 6.07. The van der Waals surface area contributed by atoms with Crippen LogP contribution < -0.4 is 23.7 Å². The van der Waals surface area contributed by atoms with Crippen LogP contribution in [0, 0.1) is 0 Å². The maximum absolute atomic E-state index is 5.84. The second kappa shape index (κ2) is 8.87. The zero-order valence-electron chi connectivity index (χ0n) is 19.3. The fourth-order valence-electron chi connectivity index (χ4n) is 4.48. The third-order valence-corrected chi connectivity index (χ3v) is 6.07. The minimum absolute atomic E-state index is 0.0337. The van der Waals surface area contributed by atoms with Gasteiger partial charge in [0.05, 0.1) is 35.5 Å². The molecule has 5 heteroatoms. The van der Waals surface area contributed by atoms with E-state index in [-0.39, 0.29) is 5.92 Å². The molecule has 0 radical (unpaired) electrons. The van der Waals surface area contributed by atoms with Crippen LogP contribution >= 0.6 is 0 Å². The molecule has 5 nitrogen and oxygen atoms in total. The van der Waals surface area contributed by atoms with Gasteiger partial charge in [0.15, 0.2) is 0 Å². The normalized spacial score (nSPS) is 14.8. The van der Waals surface area contributed by atoms with Gasteiger partial charge in [-0.25, -0.2) is 0 Å². The number of fused-ring (bicyclic) bond motifs is 1. The molecule has 1 atom stereocenters. The first kappa shape index (κ1) is 21.6. The van der Waals surface area contributed by atoms with Crippen molar-refractivity contribution in [1.82, 2.24) is 0 Å². The Bertz CT molecular complexity index is 1140. The Balaban J connectivity index is 2.00. The van der Waals surface area contributed by atoms with Crippen LogP contribution in [0.25, 0.3) is 11.1 Å². The van der Waals surface area contributed by atoms with Crippen LogP contribution in [0.15, 0.2) is 54.6 Å². The van der Waals surface area contributed by atoms with E-state index in [1.165, 1.54) is 5.57 Å². The number of rotatable bonds is 7. The molecule has 0 N–H and O–H groups in total. The van der Waals surface area contributed by atoms with E-state index >= 15 is 0 Å². The van der Waals surface area contributed by atoms with Crippen molar-refractivity contribution in [2.45, 2.75) is 12.8 Å². The summed E-state index contributed by atoms with van der Waals surface area (Å²) in [6, 6.07) is 18.2. The predicted molar refractivity (Wildman–Crippen MR) is 126 cm³/mol. The molecule has 0 fully saturated rings. The van der Waals surface area contributed by atoms with Crippen molar-refractivity contribution >= 4 is 11.1 Å². The van der Waals surface area contributed by atoms with Crippen molar-refractivity contribution in [3.63, 3.8) is 0 Å². The Morgan fingerprint density at radius 2 is 1.16 bits per heavy atom. The van der Waals surface area contributed by atoms with Crippen molar-refractivity contribution in [3.8, 4) is 28.7 Å². The highest BCUT2D eigenvalue weighted by atomic mass is 16.5. The van der Waals surface area contributed by atoms with E-state index < -0.39 is 0 Å². The lowest BCUT2D eigenvalue weighted by Gasteiger charge is -2.21. The Labute approximate surface area is 189 Å². The van der Waals surface area contributed by atoms with Gasteiger partial charge >= 0.3 is 0 Å². The van der Waals surface area contributed by atoms with Crippen molar-refractivity contribution in [2.24, 2.45) is 0 Å². The molecule has 1 aliphatic carbocycles. The average Bonchev–Trinajstić information content (AvgIpc) is 3.15. The van der Waals surface area contributed by atoms with Crippen molar-refractivity contribution < 1.29 is 23.7 Å². The Morgan fingerprint density at radius 3 is 1.69 bits per heavy atom. The number of methoxy groups -OCH3 is 5. The lowest BCUT2D eigenvalue weighted by molar-refractivity contribution is 0.391. The van der Waals surface area contributed by atoms with Crippen LogP contribution in [0.1, 0.15) is 35.1 Å². The summed E-state index contributed by atoms with van der Waals surface area (Å²) in [6.45, 7) is 2.14. The lowest BCUT2D eigenvalue weighted by atomic mass is 9.84. The average molecular weight is 433 g/mol.